The number of benzene rings is 1. The zero-order valence-corrected chi connectivity index (χ0v) is 10.7. The van der Waals surface area contributed by atoms with Gasteiger partial charge in [0.2, 0.25) is 5.91 Å². The van der Waals surface area contributed by atoms with E-state index in [2.05, 4.69) is 4.98 Å². The summed E-state index contributed by atoms with van der Waals surface area (Å²) in [6, 6.07) is 13.8. The third-order valence-corrected chi connectivity index (χ3v) is 4.20. The van der Waals surface area contributed by atoms with Gasteiger partial charge in [-0.2, -0.15) is 0 Å². The zero-order valence-electron chi connectivity index (χ0n) is 9.91. The molecule has 2 heterocycles. The van der Waals surface area contributed by atoms with Crippen LogP contribution in [0.5, 0.6) is 0 Å². The van der Waals surface area contributed by atoms with Crippen LogP contribution in [0.2, 0.25) is 0 Å². The fourth-order valence-corrected chi connectivity index (χ4v) is 3.21. The van der Waals surface area contributed by atoms with Crippen LogP contribution in [-0.4, -0.2) is 17.9 Å². The molecule has 1 unspecified atom stereocenters. The molecule has 0 saturated heterocycles. The van der Waals surface area contributed by atoms with E-state index in [0.29, 0.717) is 0 Å². The van der Waals surface area contributed by atoms with E-state index in [1.54, 1.807) is 29.9 Å². The van der Waals surface area contributed by atoms with Crippen molar-refractivity contribution < 1.29 is 4.79 Å². The molecule has 1 aliphatic rings. The van der Waals surface area contributed by atoms with Gasteiger partial charge in [-0.3, -0.25) is 9.69 Å². The number of rotatable bonds is 2. The quantitative estimate of drug-likeness (QED) is 0.828. The maximum Gasteiger partial charge on any atom is 0.246 e. The maximum absolute atomic E-state index is 12.2. The van der Waals surface area contributed by atoms with Gasteiger partial charge in [-0.05, 0) is 18.2 Å². The summed E-state index contributed by atoms with van der Waals surface area (Å²) in [6.07, 6.45) is 1.72. The standard InChI is InChI=1S/C14H12N2OS/c1-16-13-11(8-5-9-15-13)12(14(16)17)18-10-6-3-2-4-7-10/h2-9,12H,1H3. The molecule has 1 aromatic heterocycles. The van der Waals surface area contributed by atoms with Crippen LogP contribution < -0.4 is 4.90 Å². The number of carbonyl (C=O) groups is 1. The topological polar surface area (TPSA) is 33.2 Å². The Labute approximate surface area is 110 Å². The lowest BCUT2D eigenvalue weighted by atomic mass is 10.2. The van der Waals surface area contributed by atoms with Crippen molar-refractivity contribution in [1.29, 1.82) is 0 Å². The van der Waals surface area contributed by atoms with Crippen molar-refractivity contribution in [3.05, 3.63) is 54.2 Å². The summed E-state index contributed by atoms with van der Waals surface area (Å²) in [5.41, 5.74) is 0.999. The number of nitrogens with zero attached hydrogens (tertiary/aromatic N) is 2. The molecule has 2 aromatic rings. The molecule has 90 valence electrons. The number of anilines is 1. The second-order valence-corrected chi connectivity index (χ2v) is 5.30. The van der Waals surface area contributed by atoms with E-state index >= 15 is 0 Å². The molecule has 3 nitrogen and oxygen atoms in total. The number of hydrogen-bond acceptors (Lipinski definition) is 3. The fourth-order valence-electron chi connectivity index (χ4n) is 2.06. The Balaban J connectivity index is 1.96. The van der Waals surface area contributed by atoms with E-state index in [1.165, 1.54) is 0 Å². The van der Waals surface area contributed by atoms with E-state index in [4.69, 9.17) is 0 Å². The van der Waals surface area contributed by atoms with Crippen LogP contribution in [0.15, 0.2) is 53.6 Å². The number of pyridine rings is 1. The van der Waals surface area contributed by atoms with Gasteiger partial charge in [0, 0.05) is 23.7 Å². The monoisotopic (exact) mass is 256 g/mol. The first-order chi connectivity index (χ1) is 8.77. The Hall–Kier alpha value is -1.81. The molecule has 1 atom stereocenters. The Morgan fingerprint density at radius 1 is 1.17 bits per heavy atom. The minimum absolute atomic E-state index is 0.0950. The minimum Gasteiger partial charge on any atom is -0.298 e. The lowest BCUT2D eigenvalue weighted by molar-refractivity contribution is -0.117. The molecule has 1 amide bonds. The molecule has 0 radical (unpaired) electrons. The molecule has 0 aliphatic carbocycles. The van der Waals surface area contributed by atoms with Crippen molar-refractivity contribution in [3.8, 4) is 0 Å². The molecule has 1 aliphatic heterocycles. The Kier molecular flexibility index (Phi) is 2.80. The van der Waals surface area contributed by atoms with Gasteiger partial charge in [0.15, 0.2) is 0 Å². The van der Waals surface area contributed by atoms with Crippen molar-refractivity contribution in [1.82, 2.24) is 4.98 Å². The van der Waals surface area contributed by atoms with E-state index in [0.717, 1.165) is 16.3 Å². The summed E-state index contributed by atoms with van der Waals surface area (Å²) in [5.74, 6) is 0.869. The van der Waals surface area contributed by atoms with E-state index in [1.807, 2.05) is 42.5 Å². The van der Waals surface area contributed by atoms with Crippen LogP contribution in [0.25, 0.3) is 0 Å². The smallest absolute Gasteiger partial charge is 0.246 e. The van der Waals surface area contributed by atoms with Crippen molar-refractivity contribution in [2.75, 3.05) is 11.9 Å². The first kappa shape index (κ1) is 11.3. The summed E-state index contributed by atoms with van der Waals surface area (Å²) >= 11 is 1.57. The van der Waals surface area contributed by atoms with Crippen LogP contribution >= 0.6 is 11.8 Å². The molecule has 0 N–H and O–H groups in total. The highest BCUT2D eigenvalue weighted by atomic mass is 32.2. The zero-order chi connectivity index (χ0) is 12.5. The van der Waals surface area contributed by atoms with Gasteiger partial charge >= 0.3 is 0 Å². The number of aromatic nitrogens is 1. The molecule has 1 aromatic carbocycles. The van der Waals surface area contributed by atoms with Gasteiger partial charge in [-0.1, -0.05) is 24.3 Å². The summed E-state index contributed by atoms with van der Waals surface area (Å²) < 4.78 is 0. The highest BCUT2D eigenvalue weighted by Gasteiger charge is 2.36. The van der Waals surface area contributed by atoms with Crippen LogP contribution in [0, 0.1) is 0 Å². The number of fused-ring (bicyclic) bond motifs is 1. The maximum atomic E-state index is 12.2. The number of amides is 1. The highest BCUT2D eigenvalue weighted by Crippen LogP contribution is 2.44. The Bertz CT molecular complexity index is 585. The van der Waals surface area contributed by atoms with Crippen LogP contribution in [0.4, 0.5) is 5.82 Å². The largest absolute Gasteiger partial charge is 0.298 e. The molecule has 0 spiro atoms. The fraction of sp³-hybridized carbons (Fsp3) is 0.143. The molecular weight excluding hydrogens is 244 g/mol. The second-order valence-electron chi connectivity index (χ2n) is 4.12. The van der Waals surface area contributed by atoms with Gasteiger partial charge in [-0.25, -0.2) is 4.98 Å². The number of likely N-dealkylation sites (N-methyl/N-ethyl adjacent to an activating group) is 1. The van der Waals surface area contributed by atoms with E-state index in [-0.39, 0.29) is 11.2 Å². The average molecular weight is 256 g/mol. The Morgan fingerprint density at radius 2 is 1.94 bits per heavy atom. The first-order valence-corrected chi connectivity index (χ1v) is 6.59. The van der Waals surface area contributed by atoms with Crippen LogP contribution in [0.1, 0.15) is 10.8 Å². The summed E-state index contributed by atoms with van der Waals surface area (Å²) in [7, 11) is 1.78. The number of thioether (sulfide) groups is 1. The highest BCUT2D eigenvalue weighted by molar-refractivity contribution is 8.00. The lowest BCUT2D eigenvalue weighted by Crippen LogP contribution is -2.23. The number of carbonyl (C=O) groups excluding carboxylic acids is 1. The normalized spacial score (nSPS) is 17.9. The SMILES string of the molecule is CN1C(=O)C(Sc2ccccc2)c2cccnc21. The van der Waals surface area contributed by atoms with E-state index in [9.17, 15) is 4.79 Å². The van der Waals surface area contributed by atoms with Gasteiger partial charge in [0.05, 0.1) is 0 Å². The summed E-state index contributed by atoms with van der Waals surface area (Å²) in [5, 5.41) is -0.180. The number of hydrogen-bond donors (Lipinski definition) is 0. The minimum atomic E-state index is -0.180. The predicted molar refractivity (Wildman–Crippen MR) is 72.7 cm³/mol. The first-order valence-electron chi connectivity index (χ1n) is 5.71. The van der Waals surface area contributed by atoms with Crippen LogP contribution in [0.3, 0.4) is 0 Å². The lowest BCUT2D eigenvalue weighted by Gasteiger charge is -2.10. The van der Waals surface area contributed by atoms with Gasteiger partial charge in [0.1, 0.15) is 11.1 Å². The van der Waals surface area contributed by atoms with Crippen molar-refractivity contribution >= 4 is 23.5 Å². The van der Waals surface area contributed by atoms with Crippen LogP contribution in [-0.2, 0) is 4.79 Å². The second kappa shape index (κ2) is 4.46. The predicted octanol–water partition coefficient (Wildman–Crippen LogP) is 2.89. The van der Waals surface area contributed by atoms with Crippen molar-refractivity contribution in [2.45, 2.75) is 10.1 Å². The van der Waals surface area contributed by atoms with Gasteiger partial charge in [0.25, 0.3) is 0 Å². The van der Waals surface area contributed by atoms with Crippen molar-refractivity contribution in [2.24, 2.45) is 0 Å². The molecule has 18 heavy (non-hydrogen) atoms. The molecule has 3 rings (SSSR count). The third-order valence-electron chi connectivity index (χ3n) is 2.97. The van der Waals surface area contributed by atoms with Gasteiger partial charge in [-0.15, -0.1) is 11.8 Å². The molecular formula is C14H12N2OS. The average Bonchev–Trinajstić information content (AvgIpc) is 2.66. The Morgan fingerprint density at radius 3 is 2.72 bits per heavy atom. The summed E-state index contributed by atoms with van der Waals surface area (Å²) in [4.78, 5) is 19.2. The van der Waals surface area contributed by atoms with Crippen molar-refractivity contribution in [3.63, 3.8) is 0 Å². The molecule has 0 bridgehead atoms. The van der Waals surface area contributed by atoms with Gasteiger partial charge < -0.3 is 0 Å². The molecule has 0 saturated carbocycles. The molecule has 0 fully saturated rings. The summed E-state index contributed by atoms with van der Waals surface area (Å²) in [6.45, 7) is 0. The molecule has 4 heteroatoms. The van der Waals surface area contributed by atoms with E-state index < -0.39 is 0 Å². The third kappa shape index (κ3) is 1.78.